The number of carbonyl (C=O) groups is 1. The van der Waals surface area contributed by atoms with Crippen molar-refractivity contribution in [3.8, 4) is 11.5 Å². The zero-order valence-corrected chi connectivity index (χ0v) is 22.9. The lowest BCUT2D eigenvalue weighted by atomic mass is 9.98. The van der Waals surface area contributed by atoms with Crippen LogP contribution in [0, 0.1) is 0 Å². The Morgan fingerprint density at radius 1 is 0.763 bits per heavy atom. The molecule has 0 fully saturated rings. The molecule has 1 unspecified atom stereocenters. The molecule has 1 N–H and O–H groups in total. The monoisotopic (exact) mass is 518 g/mol. The maximum atomic E-state index is 12.9. The van der Waals surface area contributed by atoms with Crippen molar-refractivity contribution >= 4 is 5.97 Å². The number of hydrogen-bond donors (Lipinski definition) is 1. The zero-order valence-electron chi connectivity index (χ0n) is 22.9. The summed E-state index contributed by atoms with van der Waals surface area (Å²) in [4.78, 5) is 12.9. The van der Waals surface area contributed by atoms with Gasteiger partial charge in [0.05, 0.1) is 13.2 Å². The van der Waals surface area contributed by atoms with Crippen molar-refractivity contribution < 1.29 is 24.1 Å². The van der Waals surface area contributed by atoms with Crippen LogP contribution in [-0.4, -0.2) is 24.3 Å². The minimum absolute atomic E-state index is 0.201. The summed E-state index contributed by atoms with van der Waals surface area (Å²) in [6.45, 7) is 2.63. The van der Waals surface area contributed by atoms with E-state index in [0.29, 0.717) is 30.3 Å². The van der Waals surface area contributed by atoms with Gasteiger partial charge in [-0.2, -0.15) is 0 Å². The quantitative estimate of drug-likeness (QED) is 0.147. The van der Waals surface area contributed by atoms with E-state index in [0.717, 1.165) is 55.2 Å². The Hall–Kier alpha value is -3.31. The topological polar surface area (TPSA) is 65.0 Å². The standard InChI is InChI=1S/C33H42O5/c1-26(34)16-10-6-4-3-5-7-15-21-29-22-30(37-24-27-17-11-8-12-18-27)23-31(32(29)33(35)36-2)38-25-28-19-13-9-14-20-28/h8-9,11-14,17-20,22-23,26,34H,3-7,10,15-16,21,24-25H2,1-2H3. The highest BCUT2D eigenvalue weighted by Gasteiger charge is 2.21. The van der Waals surface area contributed by atoms with E-state index in [9.17, 15) is 9.90 Å². The molecule has 0 spiro atoms. The highest BCUT2D eigenvalue weighted by atomic mass is 16.5. The summed E-state index contributed by atoms with van der Waals surface area (Å²) in [5, 5.41) is 9.38. The molecule has 0 aromatic heterocycles. The lowest BCUT2D eigenvalue weighted by Gasteiger charge is -2.17. The SMILES string of the molecule is COC(=O)c1c(CCCCCCCCCC(C)O)cc(OCc2ccccc2)cc1OCc1ccccc1. The van der Waals surface area contributed by atoms with Crippen LogP contribution in [0.15, 0.2) is 72.8 Å². The van der Waals surface area contributed by atoms with Crippen molar-refractivity contribution in [1.29, 1.82) is 0 Å². The number of aliphatic hydroxyl groups is 1. The minimum atomic E-state index is -0.393. The second-order valence-electron chi connectivity index (χ2n) is 9.86. The lowest BCUT2D eigenvalue weighted by molar-refractivity contribution is 0.0594. The Kier molecular flexibility index (Phi) is 12.7. The average molecular weight is 519 g/mol. The van der Waals surface area contributed by atoms with E-state index < -0.39 is 5.97 Å². The number of benzene rings is 3. The van der Waals surface area contributed by atoms with Gasteiger partial charge in [-0.15, -0.1) is 0 Å². The molecule has 0 aliphatic carbocycles. The highest BCUT2D eigenvalue weighted by Crippen LogP contribution is 2.32. The first-order valence-electron chi connectivity index (χ1n) is 13.8. The number of methoxy groups -OCH3 is 1. The number of hydrogen-bond acceptors (Lipinski definition) is 5. The second kappa shape index (κ2) is 16.5. The third kappa shape index (κ3) is 10.2. The number of unbranched alkanes of at least 4 members (excludes halogenated alkanes) is 6. The molecule has 0 heterocycles. The third-order valence-corrected chi connectivity index (χ3v) is 6.60. The first-order chi connectivity index (χ1) is 18.6. The molecule has 0 saturated heterocycles. The van der Waals surface area contributed by atoms with E-state index in [4.69, 9.17) is 14.2 Å². The Balaban J connectivity index is 1.69. The van der Waals surface area contributed by atoms with E-state index in [-0.39, 0.29) is 6.10 Å². The van der Waals surface area contributed by atoms with Crippen molar-refractivity contribution in [1.82, 2.24) is 0 Å². The van der Waals surface area contributed by atoms with Crippen molar-refractivity contribution in [2.24, 2.45) is 0 Å². The third-order valence-electron chi connectivity index (χ3n) is 6.60. The molecule has 0 amide bonds. The van der Waals surface area contributed by atoms with Crippen LogP contribution in [0.3, 0.4) is 0 Å². The van der Waals surface area contributed by atoms with Crippen molar-refractivity contribution in [2.75, 3.05) is 7.11 Å². The van der Waals surface area contributed by atoms with Gasteiger partial charge in [0.2, 0.25) is 0 Å². The van der Waals surface area contributed by atoms with Crippen LogP contribution in [0.2, 0.25) is 0 Å². The molecule has 0 saturated carbocycles. The van der Waals surface area contributed by atoms with E-state index in [1.54, 1.807) is 6.07 Å². The van der Waals surface area contributed by atoms with E-state index in [1.807, 2.05) is 73.7 Å². The fourth-order valence-electron chi connectivity index (χ4n) is 4.49. The van der Waals surface area contributed by atoms with Crippen molar-refractivity contribution in [2.45, 2.75) is 84.0 Å². The van der Waals surface area contributed by atoms with Gasteiger partial charge in [-0.1, -0.05) is 99.2 Å². The average Bonchev–Trinajstić information content (AvgIpc) is 2.94. The molecular weight excluding hydrogens is 476 g/mol. The first kappa shape index (κ1) is 29.2. The van der Waals surface area contributed by atoms with Gasteiger partial charge in [0, 0.05) is 6.07 Å². The summed E-state index contributed by atoms with van der Waals surface area (Å²) < 4.78 is 17.5. The van der Waals surface area contributed by atoms with Crippen LogP contribution in [0.25, 0.3) is 0 Å². The number of esters is 1. The fraction of sp³-hybridized carbons (Fsp3) is 0.424. The zero-order chi connectivity index (χ0) is 27.0. The maximum absolute atomic E-state index is 12.9. The fourth-order valence-corrected chi connectivity index (χ4v) is 4.49. The Morgan fingerprint density at radius 2 is 1.32 bits per heavy atom. The predicted molar refractivity (Wildman–Crippen MR) is 152 cm³/mol. The number of rotatable bonds is 17. The smallest absolute Gasteiger partial charge is 0.341 e. The molecule has 1 atom stereocenters. The van der Waals surface area contributed by atoms with Gasteiger partial charge >= 0.3 is 5.97 Å². The summed E-state index contributed by atoms with van der Waals surface area (Å²) in [5.74, 6) is 0.771. The molecule has 3 aromatic rings. The summed E-state index contributed by atoms with van der Waals surface area (Å²) in [6.07, 6.45) is 9.28. The van der Waals surface area contributed by atoms with Crippen molar-refractivity contribution in [3.63, 3.8) is 0 Å². The van der Waals surface area contributed by atoms with E-state index in [2.05, 4.69) is 0 Å². The number of aliphatic hydroxyl groups excluding tert-OH is 1. The van der Waals surface area contributed by atoms with Crippen LogP contribution >= 0.6 is 0 Å². The van der Waals surface area contributed by atoms with Gasteiger partial charge in [0.1, 0.15) is 30.3 Å². The Morgan fingerprint density at radius 3 is 1.89 bits per heavy atom. The summed E-state index contributed by atoms with van der Waals surface area (Å²) >= 11 is 0. The predicted octanol–water partition coefficient (Wildman–Crippen LogP) is 7.68. The Bertz CT molecular complexity index is 1080. The molecule has 0 aliphatic heterocycles. The molecule has 204 valence electrons. The molecule has 0 aliphatic rings. The second-order valence-corrected chi connectivity index (χ2v) is 9.86. The molecule has 5 heteroatoms. The Labute approximate surface area is 227 Å². The minimum Gasteiger partial charge on any atom is -0.489 e. The molecule has 3 aromatic carbocycles. The lowest BCUT2D eigenvalue weighted by Crippen LogP contribution is -2.11. The van der Waals surface area contributed by atoms with Gasteiger partial charge in [0.15, 0.2) is 0 Å². The highest BCUT2D eigenvalue weighted by molar-refractivity contribution is 5.94. The van der Waals surface area contributed by atoms with Crippen LogP contribution in [-0.2, 0) is 24.4 Å². The van der Waals surface area contributed by atoms with Crippen LogP contribution in [0.4, 0.5) is 0 Å². The molecule has 3 rings (SSSR count). The number of aryl methyl sites for hydroxylation is 1. The maximum Gasteiger partial charge on any atom is 0.341 e. The number of ether oxygens (including phenoxy) is 3. The summed E-state index contributed by atoms with van der Waals surface area (Å²) in [7, 11) is 1.41. The van der Waals surface area contributed by atoms with Gasteiger partial charge < -0.3 is 19.3 Å². The first-order valence-corrected chi connectivity index (χ1v) is 13.8. The summed E-state index contributed by atoms with van der Waals surface area (Å²) in [5.41, 5.74) is 3.47. The van der Waals surface area contributed by atoms with Gasteiger partial charge in [-0.25, -0.2) is 4.79 Å². The molecule has 0 bridgehead atoms. The normalized spacial score (nSPS) is 11.7. The van der Waals surface area contributed by atoms with Crippen LogP contribution in [0.1, 0.15) is 85.3 Å². The number of carbonyl (C=O) groups excluding carboxylic acids is 1. The van der Waals surface area contributed by atoms with Crippen molar-refractivity contribution in [3.05, 3.63) is 95.1 Å². The summed E-state index contributed by atoms with van der Waals surface area (Å²) in [6, 6.07) is 23.7. The van der Waals surface area contributed by atoms with Gasteiger partial charge in [0.25, 0.3) is 0 Å². The van der Waals surface area contributed by atoms with Crippen LogP contribution < -0.4 is 9.47 Å². The van der Waals surface area contributed by atoms with E-state index >= 15 is 0 Å². The van der Waals surface area contributed by atoms with Gasteiger partial charge in [-0.3, -0.25) is 0 Å². The van der Waals surface area contributed by atoms with Gasteiger partial charge in [-0.05, 0) is 48.9 Å². The largest absolute Gasteiger partial charge is 0.489 e. The van der Waals surface area contributed by atoms with Crippen LogP contribution in [0.5, 0.6) is 11.5 Å². The molecular formula is C33H42O5. The molecule has 38 heavy (non-hydrogen) atoms. The molecule has 5 nitrogen and oxygen atoms in total. The van der Waals surface area contributed by atoms with E-state index in [1.165, 1.54) is 26.4 Å². The molecule has 0 radical (unpaired) electrons.